The number of ether oxygens (including phenoxy) is 1. The van der Waals surface area contributed by atoms with E-state index >= 15 is 0 Å². The zero-order valence-electron chi connectivity index (χ0n) is 12.4. The van der Waals surface area contributed by atoms with Crippen LogP contribution in [0.1, 0.15) is 20.3 Å². The van der Waals surface area contributed by atoms with E-state index in [1.54, 1.807) is 0 Å². The van der Waals surface area contributed by atoms with E-state index < -0.39 is 0 Å². The van der Waals surface area contributed by atoms with Gasteiger partial charge in [-0.15, -0.1) is 0 Å². The number of nitrogens with two attached hydrogens (primary N) is 1. The summed E-state index contributed by atoms with van der Waals surface area (Å²) in [6.45, 7) is 7.45. The van der Waals surface area contributed by atoms with Gasteiger partial charge in [-0.25, -0.2) is 0 Å². The highest BCUT2D eigenvalue weighted by Gasteiger charge is 2.07. The summed E-state index contributed by atoms with van der Waals surface area (Å²) in [7, 11) is 0. The van der Waals surface area contributed by atoms with Gasteiger partial charge in [-0.1, -0.05) is 6.92 Å². The molecule has 1 aromatic rings. The van der Waals surface area contributed by atoms with Crippen LogP contribution in [0.4, 0.5) is 5.69 Å². The van der Waals surface area contributed by atoms with Gasteiger partial charge in [0.2, 0.25) is 5.91 Å². The number of nitrogens with one attached hydrogen (secondary N) is 1. The molecule has 5 heteroatoms. The number of amides is 1. The van der Waals surface area contributed by atoms with Crippen LogP contribution in [0, 0.1) is 0 Å². The smallest absolute Gasteiger partial charge is 0.234 e. The van der Waals surface area contributed by atoms with E-state index in [9.17, 15) is 4.79 Å². The van der Waals surface area contributed by atoms with Crippen molar-refractivity contribution >= 4 is 11.6 Å². The SMILES string of the molecule is CCNC(=O)CN(CC)CCCOc1ccc(N)cc1. The molecule has 0 aromatic heterocycles. The summed E-state index contributed by atoms with van der Waals surface area (Å²) in [5.41, 5.74) is 6.34. The number of nitrogen functional groups attached to an aromatic ring is 1. The van der Waals surface area contributed by atoms with E-state index in [1.165, 1.54) is 0 Å². The second-order valence-corrected chi connectivity index (χ2v) is 4.59. The first-order valence-electron chi connectivity index (χ1n) is 7.13. The Morgan fingerprint density at radius 1 is 1.30 bits per heavy atom. The predicted molar refractivity (Wildman–Crippen MR) is 81.8 cm³/mol. The molecule has 0 radical (unpaired) electrons. The third-order valence-corrected chi connectivity index (χ3v) is 2.96. The number of carbonyl (C=O) groups is 1. The molecule has 112 valence electrons. The van der Waals surface area contributed by atoms with Crippen LogP contribution >= 0.6 is 0 Å². The van der Waals surface area contributed by atoms with Crippen molar-refractivity contribution in [1.82, 2.24) is 10.2 Å². The first-order valence-corrected chi connectivity index (χ1v) is 7.13. The number of rotatable bonds is 9. The van der Waals surface area contributed by atoms with Gasteiger partial charge in [-0.2, -0.15) is 0 Å². The standard InChI is InChI=1S/C15H25N3O2/c1-3-17-15(19)12-18(4-2)10-5-11-20-14-8-6-13(16)7-9-14/h6-9H,3-5,10-12,16H2,1-2H3,(H,17,19). The number of hydrogen-bond donors (Lipinski definition) is 2. The van der Waals surface area contributed by atoms with Crippen LogP contribution in [0.5, 0.6) is 5.75 Å². The number of anilines is 1. The van der Waals surface area contributed by atoms with Crippen molar-refractivity contribution < 1.29 is 9.53 Å². The average molecular weight is 279 g/mol. The van der Waals surface area contributed by atoms with Crippen LogP contribution in [-0.2, 0) is 4.79 Å². The molecule has 0 heterocycles. The van der Waals surface area contributed by atoms with Crippen molar-refractivity contribution in [3.05, 3.63) is 24.3 Å². The molecule has 0 bridgehead atoms. The van der Waals surface area contributed by atoms with E-state index in [1.807, 2.05) is 31.2 Å². The Morgan fingerprint density at radius 3 is 2.60 bits per heavy atom. The van der Waals surface area contributed by atoms with Gasteiger partial charge in [0.15, 0.2) is 0 Å². The Morgan fingerprint density at radius 2 is 2.00 bits per heavy atom. The zero-order valence-corrected chi connectivity index (χ0v) is 12.4. The zero-order chi connectivity index (χ0) is 14.8. The van der Waals surface area contributed by atoms with Crippen molar-refractivity contribution in [3.8, 4) is 5.75 Å². The Labute approximate surface area is 121 Å². The molecule has 20 heavy (non-hydrogen) atoms. The van der Waals surface area contributed by atoms with Crippen molar-refractivity contribution in [2.24, 2.45) is 0 Å². The highest BCUT2D eigenvalue weighted by atomic mass is 16.5. The molecule has 0 aliphatic carbocycles. The molecule has 1 amide bonds. The fraction of sp³-hybridized carbons (Fsp3) is 0.533. The predicted octanol–water partition coefficient (Wildman–Crippen LogP) is 1.50. The molecule has 3 N–H and O–H groups in total. The summed E-state index contributed by atoms with van der Waals surface area (Å²) in [6.07, 6.45) is 0.887. The lowest BCUT2D eigenvalue weighted by Crippen LogP contribution is -2.37. The van der Waals surface area contributed by atoms with E-state index in [2.05, 4.69) is 17.1 Å². The molecule has 0 saturated heterocycles. The van der Waals surface area contributed by atoms with Crippen LogP contribution in [0.15, 0.2) is 24.3 Å². The molecular formula is C15H25N3O2. The highest BCUT2D eigenvalue weighted by Crippen LogP contribution is 2.13. The average Bonchev–Trinajstić information content (AvgIpc) is 2.44. The van der Waals surface area contributed by atoms with Crippen LogP contribution in [0.25, 0.3) is 0 Å². The maximum atomic E-state index is 11.5. The summed E-state index contributed by atoms with van der Waals surface area (Å²) < 4.78 is 5.63. The largest absolute Gasteiger partial charge is 0.494 e. The molecule has 1 rings (SSSR count). The van der Waals surface area contributed by atoms with Crippen molar-refractivity contribution in [3.63, 3.8) is 0 Å². The summed E-state index contributed by atoms with van der Waals surface area (Å²) in [6, 6.07) is 7.37. The molecular weight excluding hydrogens is 254 g/mol. The quantitative estimate of drug-likeness (QED) is 0.531. The molecule has 1 aromatic carbocycles. The van der Waals surface area contributed by atoms with Gasteiger partial charge in [-0.05, 0) is 44.2 Å². The Bertz CT molecular complexity index is 393. The van der Waals surface area contributed by atoms with Crippen LogP contribution in [0.2, 0.25) is 0 Å². The second kappa shape index (κ2) is 9.20. The molecule has 0 unspecified atom stereocenters. The number of nitrogens with zero attached hydrogens (tertiary/aromatic N) is 1. The fourth-order valence-corrected chi connectivity index (χ4v) is 1.85. The third kappa shape index (κ3) is 6.43. The first-order chi connectivity index (χ1) is 9.65. The van der Waals surface area contributed by atoms with Crippen LogP contribution in [0.3, 0.4) is 0 Å². The normalized spacial score (nSPS) is 10.6. The molecule has 0 atom stereocenters. The number of likely N-dealkylation sites (N-methyl/N-ethyl adjacent to an activating group) is 2. The fourth-order valence-electron chi connectivity index (χ4n) is 1.85. The van der Waals surface area contributed by atoms with Gasteiger partial charge in [0.25, 0.3) is 0 Å². The highest BCUT2D eigenvalue weighted by molar-refractivity contribution is 5.77. The summed E-state index contributed by atoms with van der Waals surface area (Å²) in [4.78, 5) is 13.6. The van der Waals surface area contributed by atoms with Gasteiger partial charge in [0.05, 0.1) is 13.2 Å². The minimum Gasteiger partial charge on any atom is -0.494 e. The van der Waals surface area contributed by atoms with Gasteiger partial charge in [0.1, 0.15) is 5.75 Å². The molecule has 0 aliphatic heterocycles. The monoisotopic (exact) mass is 279 g/mol. The van der Waals surface area contributed by atoms with E-state index in [4.69, 9.17) is 10.5 Å². The summed E-state index contributed by atoms with van der Waals surface area (Å²) in [5.74, 6) is 0.903. The molecule has 0 fully saturated rings. The maximum absolute atomic E-state index is 11.5. The van der Waals surface area contributed by atoms with Crippen LogP contribution < -0.4 is 15.8 Å². The van der Waals surface area contributed by atoms with Crippen molar-refractivity contribution in [2.45, 2.75) is 20.3 Å². The minimum absolute atomic E-state index is 0.0776. The van der Waals surface area contributed by atoms with Crippen molar-refractivity contribution in [1.29, 1.82) is 0 Å². The lowest BCUT2D eigenvalue weighted by molar-refractivity contribution is -0.122. The van der Waals surface area contributed by atoms with E-state index in [0.717, 1.165) is 30.9 Å². The third-order valence-electron chi connectivity index (χ3n) is 2.96. The van der Waals surface area contributed by atoms with Gasteiger partial charge in [0, 0.05) is 18.8 Å². The lowest BCUT2D eigenvalue weighted by atomic mass is 10.3. The topological polar surface area (TPSA) is 67.6 Å². The Kier molecular flexibility index (Phi) is 7.50. The maximum Gasteiger partial charge on any atom is 0.234 e. The minimum atomic E-state index is 0.0776. The lowest BCUT2D eigenvalue weighted by Gasteiger charge is -2.19. The number of benzene rings is 1. The number of hydrogen-bond acceptors (Lipinski definition) is 4. The van der Waals surface area contributed by atoms with Gasteiger partial charge < -0.3 is 15.8 Å². The summed E-state index contributed by atoms with van der Waals surface area (Å²) in [5, 5.41) is 2.81. The molecule has 0 spiro atoms. The molecule has 0 saturated carbocycles. The number of carbonyl (C=O) groups excluding carboxylic acids is 1. The second-order valence-electron chi connectivity index (χ2n) is 4.59. The Balaban J connectivity index is 2.21. The van der Waals surface area contributed by atoms with Gasteiger partial charge >= 0.3 is 0 Å². The summed E-state index contributed by atoms with van der Waals surface area (Å²) >= 11 is 0. The van der Waals surface area contributed by atoms with E-state index in [0.29, 0.717) is 19.7 Å². The Hall–Kier alpha value is -1.75. The molecule has 0 aliphatic rings. The van der Waals surface area contributed by atoms with E-state index in [-0.39, 0.29) is 5.91 Å². The van der Waals surface area contributed by atoms with Crippen LogP contribution in [-0.4, -0.2) is 43.6 Å². The molecule has 5 nitrogen and oxygen atoms in total. The first kappa shape index (κ1) is 16.3. The van der Waals surface area contributed by atoms with Gasteiger partial charge in [-0.3, -0.25) is 9.69 Å². The van der Waals surface area contributed by atoms with Crippen molar-refractivity contribution in [2.75, 3.05) is 38.5 Å².